The van der Waals surface area contributed by atoms with E-state index in [4.69, 9.17) is 0 Å². The predicted octanol–water partition coefficient (Wildman–Crippen LogP) is 4.76. The Kier molecular flexibility index (Phi) is 5.99. The van der Waals surface area contributed by atoms with E-state index in [1.54, 1.807) is 0 Å². The van der Waals surface area contributed by atoms with Crippen LogP contribution in [0.1, 0.15) is 79.6 Å². The first-order valence-electron chi connectivity index (χ1n) is 7.75. The Hall–Kier alpha value is -0.0400. The van der Waals surface area contributed by atoms with Crippen LogP contribution in [0.25, 0.3) is 0 Å². The predicted molar refractivity (Wildman–Crippen MR) is 77.3 cm³/mol. The maximum absolute atomic E-state index is 3.96. The van der Waals surface area contributed by atoms with Gasteiger partial charge in [-0.25, -0.2) is 0 Å². The molecule has 1 saturated carbocycles. The average Bonchev–Trinajstić information content (AvgIpc) is 2.27. The minimum atomic E-state index is 0.461. The summed E-state index contributed by atoms with van der Waals surface area (Å²) in [7, 11) is 0. The number of hydrogen-bond acceptors (Lipinski definition) is 1. The van der Waals surface area contributed by atoms with Crippen LogP contribution in [-0.4, -0.2) is 12.1 Å². The lowest BCUT2D eigenvalue weighted by Gasteiger charge is -2.42. The van der Waals surface area contributed by atoms with E-state index in [0.717, 1.165) is 18.0 Å². The largest absolute Gasteiger partial charge is 0.311 e. The SMILES string of the molecule is CCCC(CC)NC1CCCCC1C(C)(C)C. The van der Waals surface area contributed by atoms with Crippen LogP contribution in [0.4, 0.5) is 0 Å². The van der Waals surface area contributed by atoms with Crippen molar-refractivity contribution in [2.24, 2.45) is 11.3 Å². The van der Waals surface area contributed by atoms with E-state index in [9.17, 15) is 0 Å². The van der Waals surface area contributed by atoms with Crippen molar-refractivity contribution in [3.8, 4) is 0 Å². The highest BCUT2D eigenvalue weighted by Crippen LogP contribution is 2.38. The highest BCUT2D eigenvalue weighted by molar-refractivity contribution is 4.89. The summed E-state index contributed by atoms with van der Waals surface area (Å²) in [5.74, 6) is 0.863. The molecule has 0 aromatic heterocycles. The van der Waals surface area contributed by atoms with Crippen molar-refractivity contribution in [3.05, 3.63) is 0 Å². The molecular weight excluding hydrogens is 206 g/mol. The molecule has 1 nitrogen and oxygen atoms in total. The van der Waals surface area contributed by atoms with Crippen molar-refractivity contribution >= 4 is 0 Å². The van der Waals surface area contributed by atoms with E-state index >= 15 is 0 Å². The van der Waals surface area contributed by atoms with Gasteiger partial charge < -0.3 is 5.32 Å². The third-order valence-corrected chi connectivity index (χ3v) is 4.46. The Labute approximate surface area is 109 Å². The summed E-state index contributed by atoms with van der Waals surface area (Å²) in [6.07, 6.45) is 9.59. The van der Waals surface area contributed by atoms with E-state index in [1.165, 1.54) is 44.9 Å². The molecule has 3 atom stereocenters. The Balaban J connectivity index is 2.58. The molecule has 3 unspecified atom stereocenters. The molecule has 0 amide bonds. The summed E-state index contributed by atoms with van der Waals surface area (Å²) in [5.41, 5.74) is 0.461. The molecule has 1 heteroatoms. The molecule has 1 aliphatic carbocycles. The van der Waals surface area contributed by atoms with Gasteiger partial charge in [-0.3, -0.25) is 0 Å². The van der Waals surface area contributed by atoms with Gasteiger partial charge in [0.25, 0.3) is 0 Å². The van der Waals surface area contributed by atoms with Gasteiger partial charge in [-0.1, -0.05) is 53.9 Å². The van der Waals surface area contributed by atoms with Gasteiger partial charge in [0.1, 0.15) is 0 Å². The van der Waals surface area contributed by atoms with Crippen molar-refractivity contribution < 1.29 is 0 Å². The summed E-state index contributed by atoms with van der Waals surface area (Å²) in [4.78, 5) is 0. The normalized spacial score (nSPS) is 28.1. The zero-order valence-corrected chi connectivity index (χ0v) is 12.7. The second kappa shape index (κ2) is 6.78. The summed E-state index contributed by atoms with van der Waals surface area (Å²) < 4.78 is 0. The Morgan fingerprint density at radius 1 is 1.12 bits per heavy atom. The minimum absolute atomic E-state index is 0.461. The molecule has 0 aromatic rings. The van der Waals surface area contributed by atoms with E-state index in [0.29, 0.717) is 5.41 Å². The molecule has 102 valence electrons. The van der Waals surface area contributed by atoms with Crippen molar-refractivity contribution in [1.82, 2.24) is 5.32 Å². The third kappa shape index (κ3) is 4.62. The van der Waals surface area contributed by atoms with Crippen LogP contribution in [0.5, 0.6) is 0 Å². The number of nitrogens with one attached hydrogen (secondary N) is 1. The topological polar surface area (TPSA) is 12.0 Å². The van der Waals surface area contributed by atoms with Crippen molar-refractivity contribution in [2.45, 2.75) is 91.6 Å². The second-order valence-electron chi connectivity index (χ2n) is 6.92. The van der Waals surface area contributed by atoms with Crippen LogP contribution in [0.15, 0.2) is 0 Å². The number of rotatable bonds is 5. The standard InChI is InChI=1S/C16H33N/c1-6-10-13(7-2)17-15-12-9-8-11-14(15)16(3,4)5/h13-15,17H,6-12H2,1-5H3. The monoisotopic (exact) mass is 239 g/mol. The molecule has 1 fully saturated rings. The minimum Gasteiger partial charge on any atom is -0.311 e. The van der Waals surface area contributed by atoms with Crippen molar-refractivity contribution in [3.63, 3.8) is 0 Å². The van der Waals surface area contributed by atoms with Gasteiger partial charge in [0.05, 0.1) is 0 Å². The smallest absolute Gasteiger partial charge is 0.0103 e. The van der Waals surface area contributed by atoms with Gasteiger partial charge >= 0.3 is 0 Å². The van der Waals surface area contributed by atoms with E-state index in [1.807, 2.05) is 0 Å². The lowest BCUT2D eigenvalue weighted by Crippen LogP contribution is -2.48. The van der Waals surface area contributed by atoms with Crippen LogP contribution in [0.3, 0.4) is 0 Å². The van der Waals surface area contributed by atoms with Gasteiger partial charge in [-0.15, -0.1) is 0 Å². The summed E-state index contributed by atoms with van der Waals surface area (Å²) in [6, 6.07) is 1.51. The summed E-state index contributed by atoms with van der Waals surface area (Å²) in [5, 5.41) is 3.96. The third-order valence-electron chi connectivity index (χ3n) is 4.46. The highest BCUT2D eigenvalue weighted by Gasteiger charge is 2.34. The summed E-state index contributed by atoms with van der Waals surface area (Å²) >= 11 is 0. The van der Waals surface area contributed by atoms with Gasteiger partial charge in [0, 0.05) is 12.1 Å². The van der Waals surface area contributed by atoms with Gasteiger partial charge in [0.15, 0.2) is 0 Å². The average molecular weight is 239 g/mol. The molecule has 0 bridgehead atoms. The maximum atomic E-state index is 3.96. The first-order chi connectivity index (χ1) is 7.99. The van der Waals surface area contributed by atoms with Gasteiger partial charge in [0.2, 0.25) is 0 Å². The summed E-state index contributed by atoms with van der Waals surface area (Å²) in [6.45, 7) is 11.9. The van der Waals surface area contributed by atoms with Crippen LogP contribution < -0.4 is 5.32 Å². The molecule has 0 radical (unpaired) electrons. The Morgan fingerprint density at radius 3 is 2.29 bits per heavy atom. The lowest BCUT2D eigenvalue weighted by atomic mass is 9.69. The van der Waals surface area contributed by atoms with Crippen LogP contribution in [0.2, 0.25) is 0 Å². The van der Waals surface area contributed by atoms with Crippen LogP contribution >= 0.6 is 0 Å². The van der Waals surface area contributed by atoms with Crippen LogP contribution in [-0.2, 0) is 0 Å². The molecule has 1 N–H and O–H groups in total. The maximum Gasteiger partial charge on any atom is 0.0103 e. The van der Waals surface area contributed by atoms with E-state index in [2.05, 4.69) is 39.9 Å². The highest BCUT2D eigenvalue weighted by atomic mass is 15.0. The fourth-order valence-corrected chi connectivity index (χ4v) is 3.42. The molecule has 0 aliphatic heterocycles. The fraction of sp³-hybridized carbons (Fsp3) is 1.00. The molecule has 0 spiro atoms. The van der Waals surface area contributed by atoms with Crippen molar-refractivity contribution in [1.29, 1.82) is 0 Å². The zero-order valence-electron chi connectivity index (χ0n) is 12.7. The molecule has 0 saturated heterocycles. The fourth-order valence-electron chi connectivity index (χ4n) is 3.42. The molecule has 0 heterocycles. The molecule has 1 aliphatic rings. The van der Waals surface area contributed by atoms with Crippen LogP contribution in [0, 0.1) is 11.3 Å². The molecule has 0 aromatic carbocycles. The lowest BCUT2D eigenvalue weighted by molar-refractivity contribution is 0.121. The van der Waals surface area contributed by atoms with E-state index < -0.39 is 0 Å². The first kappa shape index (κ1) is 15.0. The molecule has 17 heavy (non-hydrogen) atoms. The molecule has 1 rings (SSSR count). The zero-order chi connectivity index (χ0) is 12.9. The quantitative estimate of drug-likeness (QED) is 0.729. The second-order valence-corrected chi connectivity index (χ2v) is 6.92. The molecular formula is C16H33N. The van der Waals surface area contributed by atoms with Crippen molar-refractivity contribution in [2.75, 3.05) is 0 Å². The Morgan fingerprint density at radius 2 is 1.76 bits per heavy atom. The van der Waals surface area contributed by atoms with E-state index in [-0.39, 0.29) is 0 Å². The van der Waals surface area contributed by atoms with Gasteiger partial charge in [-0.05, 0) is 37.0 Å². The first-order valence-corrected chi connectivity index (χ1v) is 7.75. The Bertz CT molecular complexity index is 204. The number of hydrogen-bond donors (Lipinski definition) is 1. The van der Waals surface area contributed by atoms with Gasteiger partial charge in [-0.2, -0.15) is 0 Å².